The zero-order valence-corrected chi connectivity index (χ0v) is 14.7. The fourth-order valence-electron chi connectivity index (χ4n) is 2.59. The molecule has 0 aliphatic carbocycles. The highest BCUT2D eigenvalue weighted by Gasteiger charge is 2.30. The molecule has 1 N–H and O–H groups in total. The quantitative estimate of drug-likeness (QED) is 0.795. The lowest BCUT2D eigenvalue weighted by Gasteiger charge is -2.19. The molecule has 1 saturated heterocycles. The Morgan fingerprint density at radius 1 is 1.25 bits per heavy atom. The van der Waals surface area contributed by atoms with Crippen LogP contribution in [0.1, 0.15) is 27.2 Å². The van der Waals surface area contributed by atoms with Crippen LogP contribution in [-0.4, -0.2) is 49.6 Å². The Balaban J connectivity index is 1.86. The lowest BCUT2D eigenvalue weighted by Crippen LogP contribution is -2.40. The summed E-state index contributed by atoms with van der Waals surface area (Å²) in [5, 5.41) is 2.87. The van der Waals surface area contributed by atoms with Gasteiger partial charge in [0.1, 0.15) is 12.3 Å². The Hall–Kier alpha value is -2.24. The van der Waals surface area contributed by atoms with Gasteiger partial charge in [-0.25, -0.2) is 4.79 Å². The maximum atomic E-state index is 12.5. The number of hydrogen-bond acceptors (Lipinski definition) is 3. The van der Waals surface area contributed by atoms with E-state index < -0.39 is 0 Å². The van der Waals surface area contributed by atoms with Gasteiger partial charge in [0, 0.05) is 25.3 Å². The van der Waals surface area contributed by atoms with E-state index in [4.69, 9.17) is 4.74 Å². The van der Waals surface area contributed by atoms with E-state index in [1.54, 1.807) is 9.80 Å². The second-order valence-corrected chi connectivity index (χ2v) is 6.32. The van der Waals surface area contributed by atoms with E-state index in [2.05, 4.69) is 19.2 Å². The number of rotatable bonds is 8. The molecule has 0 bridgehead atoms. The molecule has 0 radical (unpaired) electrons. The van der Waals surface area contributed by atoms with Gasteiger partial charge in [-0.05, 0) is 43.5 Å². The Morgan fingerprint density at radius 3 is 2.58 bits per heavy atom. The van der Waals surface area contributed by atoms with Crippen LogP contribution in [0.5, 0.6) is 5.75 Å². The fourth-order valence-corrected chi connectivity index (χ4v) is 2.59. The molecule has 1 aromatic rings. The summed E-state index contributed by atoms with van der Waals surface area (Å²) in [7, 11) is 0. The molecule has 1 aliphatic rings. The Kier molecular flexibility index (Phi) is 6.46. The summed E-state index contributed by atoms with van der Waals surface area (Å²) < 4.78 is 5.41. The third-order valence-electron chi connectivity index (χ3n) is 3.93. The first-order valence-corrected chi connectivity index (χ1v) is 8.57. The summed E-state index contributed by atoms with van der Waals surface area (Å²) in [4.78, 5) is 27.7. The van der Waals surface area contributed by atoms with Crippen LogP contribution < -0.4 is 15.0 Å². The molecule has 0 unspecified atom stereocenters. The number of urea groups is 1. The first kappa shape index (κ1) is 18.1. The summed E-state index contributed by atoms with van der Waals surface area (Å²) in [6, 6.07) is 7.32. The molecule has 1 aromatic carbocycles. The van der Waals surface area contributed by atoms with E-state index in [1.807, 2.05) is 31.2 Å². The van der Waals surface area contributed by atoms with Crippen molar-refractivity contribution in [1.82, 2.24) is 10.2 Å². The summed E-state index contributed by atoms with van der Waals surface area (Å²) in [6.07, 6.45) is 0.942. The lowest BCUT2D eigenvalue weighted by atomic mass is 10.1. The minimum atomic E-state index is -0.127. The minimum Gasteiger partial charge on any atom is -0.494 e. The molecule has 0 spiro atoms. The predicted molar refractivity (Wildman–Crippen MR) is 94.4 cm³/mol. The van der Waals surface area contributed by atoms with Gasteiger partial charge in [0.25, 0.3) is 0 Å². The van der Waals surface area contributed by atoms with Crippen molar-refractivity contribution in [2.24, 2.45) is 5.92 Å². The number of carbonyl (C=O) groups is 2. The van der Waals surface area contributed by atoms with Gasteiger partial charge >= 0.3 is 6.03 Å². The van der Waals surface area contributed by atoms with Crippen molar-refractivity contribution in [3.05, 3.63) is 24.3 Å². The van der Waals surface area contributed by atoms with E-state index in [-0.39, 0.29) is 18.5 Å². The smallest absolute Gasteiger partial charge is 0.325 e. The standard InChI is InChI=1S/C18H27N3O3/c1-4-24-16-7-5-15(6-8-16)21-12-11-20(18(21)23)13-17(22)19-10-9-14(2)3/h5-8,14H,4,9-13H2,1-3H3,(H,19,22). The zero-order valence-electron chi connectivity index (χ0n) is 14.7. The zero-order chi connectivity index (χ0) is 17.5. The van der Waals surface area contributed by atoms with E-state index in [1.165, 1.54) is 0 Å². The van der Waals surface area contributed by atoms with Crippen molar-refractivity contribution in [3.8, 4) is 5.75 Å². The van der Waals surface area contributed by atoms with Crippen LogP contribution in [0, 0.1) is 5.92 Å². The van der Waals surface area contributed by atoms with E-state index in [9.17, 15) is 9.59 Å². The molecule has 6 nitrogen and oxygen atoms in total. The van der Waals surface area contributed by atoms with Gasteiger partial charge in [-0.15, -0.1) is 0 Å². The van der Waals surface area contributed by atoms with Crippen molar-refractivity contribution in [1.29, 1.82) is 0 Å². The number of amides is 3. The van der Waals surface area contributed by atoms with Gasteiger partial charge in [0.2, 0.25) is 5.91 Å². The maximum absolute atomic E-state index is 12.5. The number of nitrogens with zero attached hydrogens (tertiary/aromatic N) is 2. The lowest BCUT2D eigenvalue weighted by molar-refractivity contribution is -0.121. The summed E-state index contributed by atoms with van der Waals surface area (Å²) in [6.45, 7) is 8.70. The van der Waals surface area contributed by atoms with Gasteiger partial charge < -0.3 is 15.0 Å². The summed E-state index contributed by atoms with van der Waals surface area (Å²) in [5.41, 5.74) is 0.825. The largest absolute Gasteiger partial charge is 0.494 e. The number of anilines is 1. The molecule has 132 valence electrons. The van der Waals surface area contributed by atoms with Crippen LogP contribution >= 0.6 is 0 Å². The van der Waals surface area contributed by atoms with Crippen molar-refractivity contribution in [3.63, 3.8) is 0 Å². The number of carbonyl (C=O) groups excluding carboxylic acids is 2. The molecule has 24 heavy (non-hydrogen) atoms. The summed E-state index contributed by atoms with van der Waals surface area (Å²) >= 11 is 0. The number of benzene rings is 1. The van der Waals surface area contributed by atoms with Gasteiger partial charge in [-0.2, -0.15) is 0 Å². The van der Waals surface area contributed by atoms with E-state index >= 15 is 0 Å². The normalized spacial score (nSPS) is 14.4. The number of ether oxygens (including phenoxy) is 1. The minimum absolute atomic E-state index is 0.0995. The summed E-state index contributed by atoms with van der Waals surface area (Å²) in [5.74, 6) is 1.24. The first-order chi connectivity index (χ1) is 11.5. The molecule has 2 rings (SSSR count). The second-order valence-electron chi connectivity index (χ2n) is 6.32. The Labute approximate surface area is 143 Å². The third-order valence-corrected chi connectivity index (χ3v) is 3.93. The van der Waals surface area contributed by atoms with Crippen LogP contribution in [-0.2, 0) is 4.79 Å². The van der Waals surface area contributed by atoms with Gasteiger partial charge in [-0.1, -0.05) is 13.8 Å². The van der Waals surface area contributed by atoms with Crippen LogP contribution in [0.15, 0.2) is 24.3 Å². The molecule has 3 amide bonds. The fraction of sp³-hybridized carbons (Fsp3) is 0.556. The average molecular weight is 333 g/mol. The molecular formula is C18H27N3O3. The van der Waals surface area contributed by atoms with Gasteiger partial charge in [0.15, 0.2) is 0 Å². The van der Waals surface area contributed by atoms with Crippen molar-refractivity contribution >= 4 is 17.6 Å². The van der Waals surface area contributed by atoms with Crippen molar-refractivity contribution < 1.29 is 14.3 Å². The topological polar surface area (TPSA) is 61.9 Å². The van der Waals surface area contributed by atoms with Crippen LogP contribution in [0.4, 0.5) is 10.5 Å². The van der Waals surface area contributed by atoms with Crippen molar-refractivity contribution in [2.45, 2.75) is 27.2 Å². The van der Waals surface area contributed by atoms with Crippen LogP contribution in [0.25, 0.3) is 0 Å². The monoisotopic (exact) mass is 333 g/mol. The SMILES string of the molecule is CCOc1ccc(N2CCN(CC(=O)NCCC(C)C)C2=O)cc1. The molecular weight excluding hydrogens is 306 g/mol. The van der Waals surface area contributed by atoms with Crippen LogP contribution in [0.3, 0.4) is 0 Å². The van der Waals surface area contributed by atoms with E-state index in [0.29, 0.717) is 32.2 Å². The van der Waals surface area contributed by atoms with E-state index in [0.717, 1.165) is 17.9 Å². The molecule has 1 heterocycles. The highest BCUT2D eigenvalue weighted by atomic mass is 16.5. The molecule has 6 heteroatoms. The predicted octanol–water partition coefficient (Wildman–Crippen LogP) is 2.49. The molecule has 1 fully saturated rings. The van der Waals surface area contributed by atoms with Crippen molar-refractivity contribution in [2.75, 3.05) is 37.7 Å². The van der Waals surface area contributed by atoms with Gasteiger partial charge in [-0.3, -0.25) is 9.69 Å². The number of hydrogen-bond donors (Lipinski definition) is 1. The maximum Gasteiger partial charge on any atom is 0.325 e. The average Bonchev–Trinajstić information content (AvgIpc) is 2.89. The van der Waals surface area contributed by atoms with Crippen LogP contribution in [0.2, 0.25) is 0 Å². The number of nitrogens with one attached hydrogen (secondary N) is 1. The molecule has 0 saturated carbocycles. The molecule has 0 aromatic heterocycles. The van der Waals surface area contributed by atoms with Gasteiger partial charge in [0.05, 0.1) is 6.61 Å². The highest BCUT2D eigenvalue weighted by Crippen LogP contribution is 2.23. The second kappa shape index (κ2) is 8.57. The third kappa shape index (κ3) is 4.88. The molecule has 1 aliphatic heterocycles. The Morgan fingerprint density at radius 2 is 1.96 bits per heavy atom. The molecule has 0 atom stereocenters. The first-order valence-electron chi connectivity index (χ1n) is 8.57. The highest BCUT2D eigenvalue weighted by molar-refractivity contribution is 5.96. The Bertz CT molecular complexity index is 557.